The Balaban J connectivity index is 0.000000671. The summed E-state index contributed by atoms with van der Waals surface area (Å²) in [5.41, 5.74) is 0.611. The second-order valence-corrected chi connectivity index (χ2v) is 2.96. The summed E-state index contributed by atoms with van der Waals surface area (Å²) >= 11 is 5.82. The quantitative estimate of drug-likeness (QED) is 0.729. The van der Waals surface area contributed by atoms with Crippen LogP contribution in [0.15, 0.2) is 22.5 Å². The van der Waals surface area contributed by atoms with E-state index in [9.17, 15) is 4.39 Å². The van der Waals surface area contributed by atoms with Crippen LogP contribution in [0.1, 0.15) is 26.7 Å². The first-order valence-electron chi connectivity index (χ1n) is 4.64. The maximum absolute atomic E-state index is 13.0. The van der Waals surface area contributed by atoms with E-state index in [1.807, 2.05) is 13.8 Å². The molecule has 0 aliphatic heterocycles. The van der Waals surface area contributed by atoms with E-state index in [1.165, 1.54) is 0 Å². The number of hydrogen-bond acceptors (Lipinski definition) is 1. The molecular formula is C10H17ClFN. The Bertz CT molecular complexity index is 209. The molecule has 3 heteroatoms. The Kier molecular flexibility index (Phi) is 6.92. The zero-order chi connectivity index (χ0) is 10.3. The SMILES string of the molecule is CC.CNCC1=C(Cl)CCC=C1F. The highest BCUT2D eigenvalue weighted by Gasteiger charge is 2.12. The number of rotatable bonds is 2. The van der Waals surface area contributed by atoms with Gasteiger partial charge in [-0.05, 0) is 26.0 Å². The fourth-order valence-corrected chi connectivity index (χ4v) is 1.35. The van der Waals surface area contributed by atoms with Gasteiger partial charge in [0.05, 0.1) is 0 Å². The van der Waals surface area contributed by atoms with Crippen molar-refractivity contribution in [2.45, 2.75) is 26.7 Å². The topological polar surface area (TPSA) is 12.0 Å². The van der Waals surface area contributed by atoms with E-state index in [2.05, 4.69) is 5.32 Å². The zero-order valence-electron chi connectivity index (χ0n) is 8.45. The summed E-state index contributed by atoms with van der Waals surface area (Å²) in [6.07, 6.45) is 3.07. The van der Waals surface area contributed by atoms with Gasteiger partial charge in [0.25, 0.3) is 0 Å². The first kappa shape index (κ1) is 12.7. The summed E-state index contributed by atoms with van der Waals surface area (Å²) in [5, 5.41) is 3.53. The van der Waals surface area contributed by atoms with E-state index in [1.54, 1.807) is 13.1 Å². The Hall–Kier alpha value is -0.340. The van der Waals surface area contributed by atoms with E-state index in [0.29, 0.717) is 17.2 Å². The molecule has 0 amide bonds. The Labute approximate surface area is 84.7 Å². The highest BCUT2D eigenvalue weighted by molar-refractivity contribution is 6.30. The van der Waals surface area contributed by atoms with Gasteiger partial charge in [0.1, 0.15) is 5.83 Å². The minimum absolute atomic E-state index is 0.171. The molecule has 0 aromatic heterocycles. The Morgan fingerprint density at radius 1 is 1.54 bits per heavy atom. The van der Waals surface area contributed by atoms with E-state index >= 15 is 0 Å². The molecule has 0 atom stereocenters. The molecule has 13 heavy (non-hydrogen) atoms. The predicted molar refractivity (Wildman–Crippen MR) is 56.6 cm³/mol. The molecule has 0 bridgehead atoms. The van der Waals surface area contributed by atoms with E-state index in [-0.39, 0.29) is 5.83 Å². The van der Waals surface area contributed by atoms with E-state index < -0.39 is 0 Å². The van der Waals surface area contributed by atoms with Crippen LogP contribution in [0.5, 0.6) is 0 Å². The average Bonchev–Trinajstić information content (AvgIpc) is 2.15. The van der Waals surface area contributed by atoms with Crippen molar-refractivity contribution in [2.75, 3.05) is 13.6 Å². The van der Waals surface area contributed by atoms with Crippen molar-refractivity contribution in [2.24, 2.45) is 0 Å². The van der Waals surface area contributed by atoms with Crippen molar-refractivity contribution < 1.29 is 4.39 Å². The highest BCUT2D eigenvalue weighted by atomic mass is 35.5. The van der Waals surface area contributed by atoms with Crippen LogP contribution in [-0.4, -0.2) is 13.6 Å². The molecule has 0 aromatic rings. The van der Waals surface area contributed by atoms with Crippen LogP contribution in [0.4, 0.5) is 4.39 Å². The Morgan fingerprint density at radius 3 is 2.62 bits per heavy atom. The van der Waals surface area contributed by atoms with Crippen molar-refractivity contribution in [1.29, 1.82) is 0 Å². The summed E-state index contributed by atoms with van der Waals surface area (Å²) in [7, 11) is 1.78. The van der Waals surface area contributed by atoms with Gasteiger partial charge in [-0.3, -0.25) is 0 Å². The molecule has 1 N–H and O–H groups in total. The van der Waals surface area contributed by atoms with Gasteiger partial charge in [-0.15, -0.1) is 0 Å². The van der Waals surface area contributed by atoms with Crippen molar-refractivity contribution in [1.82, 2.24) is 5.32 Å². The summed E-state index contributed by atoms with van der Waals surface area (Å²) < 4.78 is 13.0. The smallest absolute Gasteiger partial charge is 0.124 e. The number of halogens is 2. The van der Waals surface area contributed by atoms with Crippen molar-refractivity contribution in [3.63, 3.8) is 0 Å². The third-order valence-corrected chi connectivity index (χ3v) is 2.07. The van der Waals surface area contributed by atoms with Crippen LogP contribution in [-0.2, 0) is 0 Å². The maximum atomic E-state index is 13.0. The number of allylic oxidation sites excluding steroid dienone is 2. The van der Waals surface area contributed by atoms with Gasteiger partial charge in [-0.1, -0.05) is 25.4 Å². The van der Waals surface area contributed by atoms with Crippen LogP contribution >= 0.6 is 11.6 Å². The summed E-state index contributed by atoms with van der Waals surface area (Å²) in [5.74, 6) is -0.171. The number of hydrogen-bond donors (Lipinski definition) is 1. The normalized spacial score (nSPS) is 16.2. The van der Waals surface area contributed by atoms with Crippen molar-refractivity contribution in [3.8, 4) is 0 Å². The van der Waals surface area contributed by atoms with Crippen LogP contribution in [0, 0.1) is 0 Å². The first-order chi connectivity index (χ1) is 6.25. The molecule has 1 nitrogen and oxygen atoms in total. The van der Waals surface area contributed by atoms with Gasteiger partial charge >= 0.3 is 0 Å². The molecule has 0 fully saturated rings. The molecule has 0 saturated heterocycles. The van der Waals surface area contributed by atoms with E-state index in [4.69, 9.17) is 11.6 Å². The van der Waals surface area contributed by atoms with Crippen LogP contribution in [0.3, 0.4) is 0 Å². The van der Waals surface area contributed by atoms with Gasteiger partial charge in [-0.25, -0.2) is 4.39 Å². The standard InChI is InChI=1S/C8H11ClFN.C2H6/c1-11-5-6-7(9)3-2-4-8(6)10;1-2/h4,11H,2-3,5H2,1H3;1-2H3. The number of nitrogens with one attached hydrogen (secondary N) is 1. The summed E-state index contributed by atoms with van der Waals surface area (Å²) in [6, 6.07) is 0. The fourth-order valence-electron chi connectivity index (χ4n) is 1.09. The lowest BCUT2D eigenvalue weighted by Gasteiger charge is -2.12. The molecule has 0 unspecified atom stereocenters. The van der Waals surface area contributed by atoms with Crippen molar-refractivity contribution in [3.05, 3.63) is 22.5 Å². The molecule has 1 aliphatic carbocycles. The van der Waals surface area contributed by atoms with Gasteiger partial charge < -0.3 is 5.32 Å². The minimum Gasteiger partial charge on any atom is -0.316 e. The summed E-state index contributed by atoms with van der Waals surface area (Å²) in [6.45, 7) is 4.52. The van der Waals surface area contributed by atoms with Crippen LogP contribution < -0.4 is 5.32 Å². The van der Waals surface area contributed by atoms with Gasteiger partial charge in [0.15, 0.2) is 0 Å². The molecular weight excluding hydrogens is 189 g/mol. The maximum Gasteiger partial charge on any atom is 0.124 e. The monoisotopic (exact) mass is 205 g/mol. The lowest BCUT2D eigenvalue weighted by Crippen LogP contribution is -2.13. The van der Waals surface area contributed by atoms with E-state index in [0.717, 1.165) is 12.8 Å². The molecule has 1 aliphatic rings. The highest BCUT2D eigenvalue weighted by Crippen LogP contribution is 2.27. The zero-order valence-corrected chi connectivity index (χ0v) is 9.21. The average molecular weight is 206 g/mol. The molecule has 0 spiro atoms. The van der Waals surface area contributed by atoms with Gasteiger partial charge in [0, 0.05) is 17.2 Å². The minimum atomic E-state index is -0.171. The fraction of sp³-hybridized carbons (Fsp3) is 0.600. The first-order valence-corrected chi connectivity index (χ1v) is 5.01. The lowest BCUT2D eigenvalue weighted by atomic mass is 10.1. The Morgan fingerprint density at radius 2 is 2.15 bits per heavy atom. The lowest BCUT2D eigenvalue weighted by molar-refractivity contribution is 0.620. The summed E-state index contributed by atoms with van der Waals surface area (Å²) in [4.78, 5) is 0. The van der Waals surface area contributed by atoms with Crippen molar-refractivity contribution >= 4 is 11.6 Å². The molecule has 76 valence electrons. The third kappa shape index (κ3) is 3.92. The van der Waals surface area contributed by atoms with Gasteiger partial charge in [-0.2, -0.15) is 0 Å². The second kappa shape index (κ2) is 7.10. The number of likely N-dealkylation sites (N-methyl/N-ethyl adjacent to an activating group) is 1. The molecule has 0 saturated carbocycles. The van der Waals surface area contributed by atoms with Crippen LogP contribution in [0.2, 0.25) is 0 Å². The third-order valence-electron chi connectivity index (χ3n) is 1.66. The van der Waals surface area contributed by atoms with Crippen LogP contribution in [0.25, 0.3) is 0 Å². The molecule has 0 heterocycles. The molecule has 0 radical (unpaired) electrons. The molecule has 0 aromatic carbocycles. The second-order valence-electron chi connectivity index (χ2n) is 2.50. The molecule has 1 rings (SSSR count). The van der Waals surface area contributed by atoms with Gasteiger partial charge in [0.2, 0.25) is 0 Å². The predicted octanol–water partition coefficient (Wildman–Crippen LogP) is 3.37. The largest absolute Gasteiger partial charge is 0.316 e.